The van der Waals surface area contributed by atoms with E-state index in [1.807, 2.05) is 0 Å². The van der Waals surface area contributed by atoms with Crippen molar-refractivity contribution in [3.8, 4) is 0 Å². The Balaban J connectivity index is 2.77. The van der Waals surface area contributed by atoms with Crippen molar-refractivity contribution in [2.24, 2.45) is 0 Å². The largest absolute Gasteiger partial charge is 0.292 e. The highest BCUT2D eigenvalue weighted by molar-refractivity contribution is 5.08. The van der Waals surface area contributed by atoms with Crippen LogP contribution in [0.25, 0.3) is 0 Å². The molecule has 2 atom stereocenters. The summed E-state index contributed by atoms with van der Waals surface area (Å²) in [6, 6.07) is 3.71. The molecular formula is C18H36N2. The smallest absolute Gasteiger partial charge is 0.0284 e. The first-order valence-electron chi connectivity index (χ1n) is 8.48. The summed E-state index contributed by atoms with van der Waals surface area (Å²) in [4.78, 5) is 5.28. The van der Waals surface area contributed by atoms with E-state index < -0.39 is 0 Å². The molecule has 0 spiro atoms. The van der Waals surface area contributed by atoms with Crippen LogP contribution in [0.1, 0.15) is 68.2 Å². The van der Waals surface area contributed by atoms with E-state index in [0.29, 0.717) is 36.3 Å². The zero-order valence-electron chi connectivity index (χ0n) is 14.9. The van der Waals surface area contributed by atoms with Gasteiger partial charge in [0.1, 0.15) is 0 Å². The van der Waals surface area contributed by atoms with Gasteiger partial charge in [0.2, 0.25) is 0 Å². The molecule has 0 radical (unpaired) electrons. The SMILES string of the molecule is CC(C)N(C(C)C)[C@H]1C=C[C@H](N(C(C)C)C(C)C)CC1. The summed E-state index contributed by atoms with van der Waals surface area (Å²) < 4.78 is 0. The van der Waals surface area contributed by atoms with Crippen LogP contribution in [-0.2, 0) is 0 Å². The minimum absolute atomic E-state index is 0.618. The van der Waals surface area contributed by atoms with Gasteiger partial charge in [-0.15, -0.1) is 0 Å². The molecule has 0 unspecified atom stereocenters. The zero-order valence-corrected chi connectivity index (χ0v) is 14.9. The molecule has 0 heterocycles. The van der Waals surface area contributed by atoms with Crippen LogP contribution in [0.2, 0.25) is 0 Å². The molecule has 2 heteroatoms. The Kier molecular flexibility index (Phi) is 6.74. The molecule has 0 saturated carbocycles. The highest BCUT2D eigenvalue weighted by atomic mass is 15.2. The van der Waals surface area contributed by atoms with Crippen LogP contribution in [0.3, 0.4) is 0 Å². The zero-order chi connectivity index (χ0) is 15.4. The molecule has 0 bridgehead atoms. The van der Waals surface area contributed by atoms with Crippen molar-refractivity contribution in [1.82, 2.24) is 9.80 Å². The van der Waals surface area contributed by atoms with Crippen molar-refractivity contribution in [3.05, 3.63) is 12.2 Å². The topological polar surface area (TPSA) is 6.48 Å². The molecule has 1 aliphatic rings. The van der Waals surface area contributed by atoms with Gasteiger partial charge in [-0.25, -0.2) is 0 Å². The van der Waals surface area contributed by atoms with Crippen LogP contribution in [0.5, 0.6) is 0 Å². The van der Waals surface area contributed by atoms with Gasteiger partial charge in [-0.05, 0) is 68.2 Å². The van der Waals surface area contributed by atoms with Gasteiger partial charge in [0.15, 0.2) is 0 Å². The third-order valence-electron chi connectivity index (χ3n) is 4.46. The van der Waals surface area contributed by atoms with Crippen LogP contribution in [-0.4, -0.2) is 46.1 Å². The highest BCUT2D eigenvalue weighted by Gasteiger charge is 2.29. The van der Waals surface area contributed by atoms with E-state index in [0.717, 1.165) is 0 Å². The Morgan fingerprint density at radius 2 is 0.850 bits per heavy atom. The van der Waals surface area contributed by atoms with E-state index in [2.05, 4.69) is 77.3 Å². The second kappa shape index (κ2) is 7.61. The van der Waals surface area contributed by atoms with Crippen molar-refractivity contribution in [1.29, 1.82) is 0 Å². The van der Waals surface area contributed by atoms with Gasteiger partial charge >= 0.3 is 0 Å². The van der Waals surface area contributed by atoms with Crippen LogP contribution >= 0.6 is 0 Å². The summed E-state index contributed by atoms with van der Waals surface area (Å²) in [6.45, 7) is 18.5. The lowest BCUT2D eigenvalue weighted by molar-refractivity contribution is 0.0938. The second-order valence-corrected chi connectivity index (χ2v) is 7.37. The molecule has 2 nitrogen and oxygen atoms in total. The van der Waals surface area contributed by atoms with Crippen molar-refractivity contribution in [3.63, 3.8) is 0 Å². The lowest BCUT2D eigenvalue weighted by Crippen LogP contribution is -2.49. The van der Waals surface area contributed by atoms with E-state index in [-0.39, 0.29) is 0 Å². The molecule has 20 heavy (non-hydrogen) atoms. The molecule has 0 aromatic heterocycles. The van der Waals surface area contributed by atoms with Gasteiger partial charge < -0.3 is 0 Å². The van der Waals surface area contributed by atoms with Crippen LogP contribution < -0.4 is 0 Å². The maximum absolute atomic E-state index is 2.64. The molecule has 0 aromatic rings. The Morgan fingerprint density at radius 1 is 0.600 bits per heavy atom. The Hall–Kier alpha value is -0.340. The van der Waals surface area contributed by atoms with Gasteiger partial charge in [0.05, 0.1) is 0 Å². The van der Waals surface area contributed by atoms with Gasteiger partial charge in [-0.1, -0.05) is 12.2 Å². The molecule has 0 aliphatic heterocycles. The van der Waals surface area contributed by atoms with E-state index >= 15 is 0 Å². The van der Waals surface area contributed by atoms with Crippen molar-refractivity contribution in [2.75, 3.05) is 0 Å². The first-order valence-corrected chi connectivity index (χ1v) is 8.48. The fourth-order valence-electron chi connectivity index (χ4n) is 4.01. The van der Waals surface area contributed by atoms with Crippen molar-refractivity contribution >= 4 is 0 Å². The van der Waals surface area contributed by atoms with Crippen molar-refractivity contribution < 1.29 is 0 Å². The fraction of sp³-hybridized carbons (Fsp3) is 0.889. The normalized spacial score (nSPS) is 24.1. The van der Waals surface area contributed by atoms with E-state index in [9.17, 15) is 0 Å². The minimum Gasteiger partial charge on any atom is -0.292 e. The number of nitrogens with zero attached hydrogens (tertiary/aromatic N) is 2. The second-order valence-electron chi connectivity index (χ2n) is 7.37. The molecule has 118 valence electrons. The molecule has 0 amide bonds. The highest BCUT2D eigenvalue weighted by Crippen LogP contribution is 2.26. The summed E-state index contributed by atoms with van der Waals surface area (Å²) in [5.74, 6) is 0. The van der Waals surface area contributed by atoms with Gasteiger partial charge in [-0.3, -0.25) is 9.80 Å². The number of rotatable bonds is 6. The average molecular weight is 281 g/mol. The van der Waals surface area contributed by atoms with Gasteiger partial charge in [-0.2, -0.15) is 0 Å². The Bertz CT molecular complexity index is 259. The summed E-state index contributed by atoms with van der Waals surface area (Å²) >= 11 is 0. The third kappa shape index (κ3) is 4.33. The fourth-order valence-corrected chi connectivity index (χ4v) is 4.01. The minimum atomic E-state index is 0.618. The molecule has 0 fully saturated rings. The maximum atomic E-state index is 2.64. The van der Waals surface area contributed by atoms with E-state index in [1.165, 1.54) is 12.8 Å². The predicted octanol–water partition coefficient (Wildman–Crippen LogP) is 4.31. The monoisotopic (exact) mass is 280 g/mol. The van der Waals surface area contributed by atoms with Crippen LogP contribution in [0.4, 0.5) is 0 Å². The first kappa shape index (κ1) is 17.7. The number of hydrogen-bond acceptors (Lipinski definition) is 2. The van der Waals surface area contributed by atoms with Crippen molar-refractivity contribution in [2.45, 2.75) is 104 Å². The maximum Gasteiger partial charge on any atom is 0.0284 e. The molecule has 0 saturated heterocycles. The molecule has 0 N–H and O–H groups in total. The van der Waals surface area contributed by atoms with Gasteiger partial charge in [0.25, 0.3) is 0 Å². The van der Waals surface area contributed by atoms with E-state index in [1.54, 1.807) is 0 Å². The molecule has 1 rings (SSSR count). The summed E-state index contributed by atoms with van der Waals surface area (Å²) in [6.07, 6.45) is 7.50. The Morgan fingerprint density at radius 3 is 1.00 bits per heavy atom. The van der Waals surface area contributed by atoms with E-state index in [4.69, 9.17) is 0 Å². The first-order chi connectivity index (χ1) is 9.25. The number of hydrogen-bond donors (Lipinski definition) is 0. The average Bonchev–Trinajstić information content (AvgIpc) is 2.29. The van der Waals surface area contributed by atoms with Gasteiger partial charge in [0, 0.05) is 36.3 Å². The molecule has 0 aromatic carbocycles. The standard InChI is InChI=1S/C18H36N2/c1-13(2)19(14(3)4)17-9-11-18(12-10-17)20(15(5)6)16(7)8/h9,11,13-18H,10,12H2,1-8H3/t17-,18-/m0/s1. The summed E-state index contributed by atoms with van der Waals surface area (Å²) in [5.41, 5.74) is 0. The quantitative estimate of drug-likeness (QED) is 0.669. The predicted molar refractivity (Wildman–Crippen MR) is 90.2 cm³/mol. The summed E-state index contributed by atoms with van der Waals surface area (Å²) in [5, 5.41) is 0. The Labute approximate surface area is 127 Å². The third-order valence-corrected chi connectivity index (χ3v) is 4.46. The lowest BCUT2D eigenvalue weighted by atomic mass is 9.93. The molecule has 1 aliphatic carbocycles. The van der Waals surface area contributed by atoms with Crippen LogP contribution in [0, 0.1) is 0 Å². The lowest BCUT2D eigenvalue weighted by Gasteiger charge is -2.43. The van der Waals surface area contributed by atoms with Crippen LogP contribution in [0.15, 0.2) is 12.2 Å². The molecular weight excluding hydrogens is 244 g/mol. The summed E-state index contributed by atoms with van der Waals surface area (Å²) in [7, 11) is 0.